The third-order valence-electron chi connectivity index (χ3n) is 3.84. The predicted molar refractivity (Wildman–Crippen MR) is 82.9 cm³/mol. The average molecular weight is 376 g/mol. The van der Waals surface area contributed by atoms with Crippen LogP contribution in [-0.4, -0.2) is 26.0 Å². The average Bonchev–Trinajstić information content (AvgIpc) is 3.17. The number of carbonyl (C=O) groups is 1. The first-order chi connectivity index (χ1) is 9.80. The zero-order chi connectivity index (χ0) is 15.7. The highest BCUT2D eigenvalue weighted by atomic mass is 79.9. The van der Waals surface area contributed by atoms with E-state index in [1.807, 2.05) is 0 Å². The maximum absolute atomic E-state index is 12.3. The Bertz CT molecular complexity index is 653. The van der Waals surface area contributed by atoms with E-state index in [2.05, 4.69) is 27.6 Å². The van der Waals surface area contributed by atoms with Crippen LogP contribution in [0.1, 0.15) is 43.0 Å². The van der Waals surface area contributed by atoms with Gasteiger partial charge >= 0.3 is 5.97 Å². The van der Waals surface area contributed by atoms with Crippen LogP contribution in [0.4, 0.5) is 0 Å². The summed E-state index contributed by atoms with van der Waals surface area (Å²) in [6, 6.07) is 3.91. The highest BCUT2D eigenvalue weighted by Crippen LogP contribution is 2.49. The van der Waals surface area contributed by atoms with E-state index >= 15 is 0 Å². The first kappa shape index (κ1) is 16.5. The van der Waals surface area contributed by atoms with Crippen LogP contribution >= 0.6 is 15.9 Å². The number of aromatic carboxylic acids is 1. The van der Waals surface area contributed by atoms with E-state index in [0.717, 1.165) is 25.7 Å². The number of nitrogens with one attached hydrogen (secondary N) is 1. The largest absolute Gasteiger partial charge is 0.478 e. The fourth-order valence-corrected chi connectivity index (χ4v) is 4.63. The van der Waals surface area contributed by atoms with Gasteiger partial charge in [0.25, 0.3) is 0 Å². The molecule has 0 spiro atoms. The maximum atomic E-state index is 12.3. The molecule has 5 nitrogen and oxygen atoms in total. The van der Waals surface area contributed by atoms with Crippen LogP contribution in [0.2, 0.25) is 0 Å². The van der Waals surface area contributed by atoms with Gasteiger partial charge in [-0.05, 0) is 58.8 Å². The van der Waals surface area contributed by atoms with Gasteiger partial charge in [0.05, 0.1) is 10.5 Å². The summed E-state index contributed by atoms with van der Waals surface area (Å²) in [4.78, 5) is 10.9. The molecule has 7 heteroatoms. The van der Waals surface area contributed by atoms with Crippen molar-refractivity contribution >= 4 is 31.9 Å². The Hall–Kier alpha value is -0.920. The van der Waals surface area contributed by atoms with Gasteiger partial charge in [0, 0.05) is 11.0 Å². The number of sulfonamides is 1. The van der Waals surface area contributed by atoms with Gasteiger partial charge < -0.3 is 5.11 Å². The van der Waals surface area contributed by atoms with Crippen molar-refractivity contribution in [2.45, 2.75) is 37.5 Å². The van der Waals surface area contributed by atoms with Crippen LogP contribution in [0.5, 0.6) is 0 Å². The van der Waals surface area contributed by atoms with Crippen LogP contribution in [-0.2, 0) is 10.0 Å². The summed E-state index contributed by atoms with van der Waals surface area (Å²) in [5.41, 5.74) is 0.167. The van der Waals surface area contributed by atoms with Crippen LogP contribution in [0.3, 0.4) is 0 Å². The third kappa shape index (κ3) is 3.84. The molecule has 0 saturated heterocycles. The molecular formula is C14H18BrNO4S. The summed E-state index contributed by atoms with van der Waals surface area (Å²) >= 11 is 3.14. The van der Waals surface area contributed by atoms with Crippen molar-refractivity contribution in [2.24, 2.45) is 5.41 Å². The Labute approximate surface area is 132 Å². The molecule has 21 heavy (non-hydrogen) atoms. The molecule has 0 amide bonds. The Balaban J connectivity index is 2.14. The molecule has 0 aromatic heterocycles. The first-order valence-corrected chi connectivity index (χ1v) is 9.10. The minimum absolute atomic E-state index is 0.0467. The summed E-state index contributed by atoms with van der Waals surface area (Å²) < 4.78 is 27.6. The zero-order valence-electron chi connectivity index (χ0n) is 11.7. The van der Waals surface area contributed by atoms with Crippen molar-refractivity contribution in [3.05, 3.63) is 28.2 Å². The molecule has 1 aromatic rings. The molecule has 2 N–H and O–H groups in total. The Morgan fingerprint density at radius 3 is 2.57 bits per heavy atom. The molecule has 116 valence electrons. The molecule has 0 aliphatic heterocycles. The van der Waals surface area contributed by atoms with Gasteiger partial charge in [-0.25, -0.2) is 17.9 Å². The van der Waals surface area contributed by atoms with E-state index in [1.54, 1.807) is 0 Å². The highest BCUT2D eigenvalue weighted by Gasteiger charge is 2.42. The van der Waals surface area contributed by atoms with Gasteiger partial charge in [0.2, 0.25) is 10.0 Å². The summed E-state index contributed by atoms with van der Waals surface area (Å²) in [6.45, 7) is 2.53. The zero-order valence-corrected chi connectivity index (χ0v) is 14.1. The van der Waals surface area contributed by atoms with Crippen molar-refractivity contribution < 1.29 is 18.3 Å². The van der Waals surface area contributed by atoms with Gasteiger partial charge in [-0.2, -0.15) is 0 Å². The van der Waals surface area contributed by atoms with E-state index in [9.17, 15) is 13.2 Å². The van der Waals surface area contributed by atoms with Crippen molar-refractivity contribution in [2.75, 3.05) is 6.54 Å². The summed E-state index contributed by atoms with van der Waals surface area (Å²) in [5, 5.41) is 8.89. The second-order valence-corrected chi connectivity index (χ2v) is 8.11. The Kier molecular flexibility index (Phi) is 4.75. The lowest BCUT2D eigenvalue weighted by molar-refractivity contribution is 0.0696. The molecule has 1 aromatic carbocycles. The molecule has 1 fully saturated rings. The number of carboxylic acid groups (broad SMARTS) is 1. The number of hydrogen-bond donors (Lipinski definition) is 2. The lowest BCUT2D eigenvalue weighted by atomic mass is 10.0. The molecule has 1 aliphatic carbocycles. The van der Waals surface area contributed by atoms with Crippen LogP contribution < -0.4 is 4.72 Å². The summed E-state index contributed by atoms with van der Waals surface area (Å²) in [7, 11) is -3.63. The van der Waals surface area contributed by atoms with Crippen molar-refractivity contribution in [1.29, 1.82) is 0 Å². The van der Waals surface area contributed by atoms with Crippen LogP contribution in [0.25, 0.3) is 0 Å². The lowest BCUT2D eigenvalue weighted by Crippen LogP contribution is -2.30. The number of rotatable bonds is 7. The first-order valence-electron chi connectivity index (χ1n) is 6.82. The Morgan fingerprint density at radius 2 is 2.10 bits per heavy atom. The standard InChI is InChI=1S/C14H18BrNO4S/c1-2-5-14(6-7-14)9-16-21(19,20)12-4-3-10(13(17)18)8-11(12)15/h3-4,8,16H,2,5-7,9H2,1H3,(H,17,18). The van der Waals surface area contributed by atoms with E-state index < -0.39 is 16.0 Å². The third-order valence-corrected chi connectivity index (χ3v) is 6.22. The summed E-state index contributed by atoms with van der Waals surface area (Å²) in [5.74, 6) is -1.09. The minimum atomic E-state index is -3.63. The van der Waals surface area contributed by atoms with Crippen molar-refractivity contribution in [3.8, 4) is 0 Å². The van der Waals surface area contributed by atoms with Gasteiger partial charge in [-0.15, -0.1) is 0 Å². The molecule has 0 heterocycles. The molecule has 1 saturated carbocycles. The van der Waals surface area contributed by atoms with E-state index in [-0.39, 0.29) is 20.3 Å². The minimum Gasteiger partial charge on any atom is -0.478 e. The molecule has 0 radical (unpaired) electrons. The number of halogens is 1. The quantitative estimate of drug-likeness (QED) is 0.766. The lowest BCUT2D eigenvalue weighted by Gasteiger charge is -2.15. The molecule has 2 rings (SSSR count). The van der Waals surface area contributed by atoms with E-state index in [1.165, 1.54) is 18.2 Å². The molecule has 0 unspecified atom stereocenters. The van der Waals surface area contributed by atoms with Crippen LogP contribution in [0, 0.1) is 5.41 Å². The van der Waals surface area contributed by atoms with Crippen molar-refractivity contribution in [3.63, 3.8) is 0 Å². The number of hydrogen-bond acceptors (Lipinski definition) is 3. The predicted octanol–water partition coefficient (Wildman–Crippen LogP) is 3.01. The topological polar surface area (TPSA) is 83.5 Å². The highest BCUT2D eigenvalue weighted by molar-refractivity contribution is 9.10. The monoisotopic (exact) mass is 375 g/mol. The maximum Gasteiger partial charge on any atom is 0.335 e. The molecule has 0 bridgehead atoms. The van der Waals surface area contributed by atoms with Gasteiger partial charge in [0.15, 0.2) is 0 Å². The molecule has 1 aliphatic rings. The smallest absolute Gasteiger partial charge is 0.335 e. The van der Waals surface area contributed by atoms with Gasteiger partial charge in [-0.1, -0.05) is 13.3 Å². The van der Waals surface area contributed by atoms with Crippen molar-refractivity contribution in [1.82, 2.24) is 4.72 Å². The fourth-order valence-electron chi connectivity index (χ4n) is 2.40. The molecular weight excluding hydrogens is 358 g/mol. The second kappa shape index (κ2) is 6.06. The number of benzene rings is 1. The fraction of sp³-hybridized carbons (Fsp3) is 0.500. The second-order valence-electron chi connectivity index (χ2n) is 5.52. The number of carboxylic acids is 1. The normalized spacial score (nSPS) is 16.7. The van der Waals surface area contributed by atoms with E-state index in [4.69, 9.17) is 5.11 Å². The van der Waals surface area contributed by atoms with Gasteiger partial charge in [0.1, 0.15) is 0 Å². The molecule has 0 atom stereocenters. The van der Waals surface area contributed by atoms with E-state index in [0.29, 0.717) is 6.54 Å². The van der Waals surface area contributed by atoms with Crippen LogP contribution in [0.15, 0.2) is 27.6 Å². The summed E-state index contributed by atoms with van der Waals surface area (Å²) in [6.07, 6.45) is 4.18. The van der Waals surface area contributed by atoms with Gasteiger partial charge in [-0.3, -0.25) is 0 Å². The SMILES string of the molecule is CCCC1(CNS(=O)(=O)c2ccc(C(=O)O)cc2Br)CC1. The Morgan fingerprint density at radius 1 is 1.43 bits per heavy atom.